The van der Waals surface area contributed by atoms with Crippen molar-refractivity contribution in [3.63, 3.8) is 0 Å². The minimum absolute atomic E-state index is 0. The van der Waals surface area contributed by atoms with E-state index >= 15 is 0 Å². The van der Waals surface area contributed by atoms with Crippen LogP contribution < -0.4 is 103 Å². The van der Waals surface area contributed by atoms with Crippen LogP contribution >= 0.6 is 0 Å². The monoisotopic (exact) mass is 1250 g/mol. The summed E-state index contributed by atoms with van der Waals surface area (Å²) >= 11 is 0. The molecule has 8 N–H and O–H groups in total. The molecule has 24 heteroatoms. The molecule has 0 spiro atoms. The Balaban J connectivity index is 0.00000618. The zero-order chi connectivity index (χ0) is 62.9. The molecule has 0 aliphatic heterocycles. The van der Waals surface area contributed by atoms with Crippen LogP contribution in [-0.4, -0.2) is 55.8 Å². The fourth-order valence-corrected chi connectivity index (χ4v) is 10.8. The van der Waals surface area contributed by atoms with E-state index in [0.717, 1.165) is 23.3 Å². The predicted molar refractivity (Wildman–Crippen MR) is 329 cm³/mol. The largest absolute Gasteiger partial charge is 1.00 e. The molecular weight excluding hydrogens is 1170 g/mol. The fourth-order valence-electron chi connectivity index (χ4n) is 9.40. The molecule has 0 saturated heterocycles. The Hall–Kier alpha value is -6.70. The molecule has 6 aromatic carbocycles. The molecule has 2 unspecified atom stereocenters. The Labute approximate surface area is 557 Å². The summed E-state index contributed by atoms with van der Waals surface area (Å²) in [6.45, 7) is 27.3. The van der Waals surface area contributed by atoms with Crippen molar-refractivity contribution in [1.82, 2.24) is 29.9 Å². The molecule has 452 valence electrons. The van der Waals surface area contributed by atoms with Gasteiger partial charge in [0.05, 0.1) is 34.8 Å². The second-order valence-electron chi connectivity index (χ2n) is 25.2. The molecule has 88 heavy (non-hydrogen) atoms. The van der Waals surface area contributed by atoms with Crippen LogP contribution in [0.4, 0.5) is 22.7 Å². The normalized spacial score (nSPS) is 14.7. The van der Waals surface area contributed by atoms with Crippen LogP contribution in [0.15, 0.2) is 161 Å². The number of rotatable bonds is 12. The predicted octanol–water partition coefficient (Wildman–Crippen LogP) is 3.92. The van der Waals surface area contributed by atoms with Gasteiger partial charge in [-0.05, 0) is 129 Å². The number of nitrogens with zero attached hydrogens (tertiary/aromatic N) is 6. The Morgan fingerprint density at radius 1 is 0.398 bits per heavy atom. The third-order valence-electron chi connectivity index (χ3n) is 14.0. The average Bonchev–Trinajstić information content (AvgIpc) is 1.20. The molecule has 2 atom stereocenters. The molecular formula is C64H74N12Na2O8S2. The summed E-state index contributed by atoms with van der Waals surface area (Å²) in [6, 6.07) is 33.4. The van der Waals surface area contributed by atoms with Gasteiger partial charge < -0.3 is 10.2 Å². The van der Waals surface area contributed by atoms with E-state index in [1.54, 1.807) is 24.3 Å². The first-order valence-corrected chi connectivity index (χ1v) is 30.7. The second-order valence-corrected chi connectivity index (χ2v) is 28.0. The van der Waals surface area contributed by atoms with Gasteiger partial charge in [-0.3, -0.25) is 39.0 Å². The van der Waals surface area contributed by atoms with Crippen molar-refractivity contribution in [3.05, 3.63) is 200 Å². The average molecular weight is 1250 g/mol. The van der Waals surface area contributed by atoms with Crippen molar-refractivity contribution in [3.8, 4) is 11.5 Å². The van der Waals surface area contributed by atoms with Crippen molar-refractivity contribution >= 4 is 55.1 Å². The Morgan fingerprint density at radius 2 is 0.659 bits per heavy atom. The zero-order valence-corrected chi connectivity index (χ0v) is 58.3. The summed E-state index contributed by atoms with van der Waals surface area (Å²) in [5, 5.41) is 27.5. The van der Waals surface area contributed by atoms with Gasteiger partial charge in [0.2, 0.25) is 33.7 Å². The zero-order valence-electron chi connectivity index (χ0n) is 52.7. The first kappa shape index (κ1) is 70.4. The van der Waals surface area contributed by atoms with Crippen LogP contribution in [0.1, 0.15) is 154 Å². The third kappa shape index (κ3) is 18.0. The van der Waals surface area contributed by atoms with E-state index in [0.29, 0.717) is 33.6 Å². The fraction of sp³-hybridized carbons (Fsp3) is 0.312. The summed E-state index contributed by atoms with van der Waals surface area (Å²) in [7, 11) is -9.93. The number of aromatic amines is 6. The van der Waals surface area contributed by atoms with Crippen molar-refractivity contribution < 1.29 is 95.3 Å². The maximum Gasteiger partial charge on any atom is 1.00 e. The first-order chi connectivity index (χ1) is 40.0. The molecule has 0 saturated carbocycles. The molecule has 2 aromatic heterocycles. The van der Waals surface area contributed by atoms with Crippen LogP contribution in [0.5, 0.6) is 11.5 Å². The van der Waals surface area contributed by atoms with Gasteiger partial charge in [-0.15, -0.1) is 11.5 Å². The van der Waals surface area contributed by atoms with E-state index in [-0.39, 0.29) is 139 Å². The molecule has 0 amide bonds. The minimum Gasteiger partial charge on any atom is -0.872 e. The molecule has 0 aliphatic rings. The summed E-state index contributed by atoms with van der Waals surface area (Å²) in [4.78, 5) is 46.5. The van der Waals surface area contributed by atoms with Crippen molar-refractivity contribution in [1.29, 1.82) is 0 Å². The standard InChI is InChI=1S/C64H76N12O8S2.2Na/c1-37(39-21-17-15-18-22-39)65-55-71-57(75-59(73-55)69-45-31-47(61(3,4)5)53(77)48(32-45)62(6,7)8)67-43-29-27-41(51(35-43)85(79,80)81)25-26-42-28-30-44(36-52(42)86(82,83)84)68-58-72-56(66-38(2)40-23-19-16-20-24-40)74-60(76-58)70-46-33-49(63(9,10)11)54(78)50(34-46)64(12,13)14;;/h15-38,77-78H,1-14H3,(H,79,80,81)(H,82,83,84)(H3,65,67,69,71,73,75)(H3,66,68,70,72,74,76);;/q;2*+1/p-2/b26-25+;;. The summed E-state index contributed by atoms with van der Waals surface area (Å²) < 4.78 is 73.8. The van der Waals surface area contributed by atoms with Gasteiger partial charge in [0.25, 0.3) is 20.2 Å². The van der Waals surface area contributed by atoms with Gasteiger partial charge in [0, 0.05) is 0 Å². The summed E-state index contributed by atoms with van der Waals surface area (Å²) in [5.41, 5.74) is 4.14. The number of nitrogens with one attached hydrogen (secondary N) is 6. The molecule has 0 fully saturated rings. The quantitative estimate of drug-likeness (QED) is 0.0502. The topological polar surface area (TPSA) is 324 Å². The van der Waals surface area contributed by atoms with Crippen molar-refractivity contribution in [2.75, 3.05) is 0 Å². The van der Waals surface area contributed by atoms with Gasteiger partial charge in [-0.2, -0.15) is 16.8 Å². The van der Waals surface area contributed by atoms with Gasteiger partial charge in [0.15, 0.2) is 0 Å². The molecule has 0 radical (unpaired) electrons. The van der Waals surface area contributed by atoms with E-state index in [4.69, 9.17) is 20.0 Å². The Morgan fingerprint density at radius 3 is 0.920 bits per heavy atom. The van der Waals surface area contributed by atoms with E-state index in [9.17, 15) is 36.2 Å². The van der Waals surface area contributed by atoms with Crippen LogP contribution in [0.3, 0.4) is 0 Å². The number of hydrogen-bond acceptors (Lipinski definition) is 12. The van der Waals surface area contributed by atoms with Crippen molar-refractivity contribution in [2.45, 2.75) is 140 Å². The van der Waals surface area contributed by atoms with Crippen LogP contribution in [-0.2, 0) is 41.9 Å². The molecule has 8 rings (SSSR count). The molecule has 8 aromatic rings. The van der Waals surface area contributed by atoms with E-state index in [2.05, 4.69) is 39.9 Å². The van der Waals surface area contributed by atoms with Gasteiger partial charge in [-0.1, -0.05) is 168 Å². The van der Waals surface area contributed by atoms with E-state index < -0.39 is 51.7 Å². The number of H-pyrrole nitrogens is 6. The molecule has 0 bridgehead atoms. The third-order valence-corrected chi connectivity index (χ3v) is 15.8. The summed E-state index contributed by atoms with van der Waals surface area (Å²) in [6.07, 6.45) is 2.54. The van der Waals surface area contributed by atoms with Crippen LogP contribution in [0, 0.1) is 0 Å². The van der Waals surface area contributed by atoms with Gasteiger partial charge in [-0.25, -0.2) is 30.0 Å². The van der Waals surface area contributed by atoms with Gasteiger partial charge >= 0.3 is 59.1 Å². The smallest absolute Gasteiger partial charge is 0.872 e. The minimum atomic E-state index is -4.96. The second kappa shape index (κ2) is 27.6. The first-order valence-electron chi connectivity index (χ1n) is 27.9. The summed E-state index contributed by atoms with van der Waals surface area (Å²) in [5.74, 6) is -0.125. The maximum atomic E-state index is 13.8. The number of hydrogen-bond donors (Lipinski definition) is 8. The van der Waals surface area contributed by atoms with Crippen LogP contribution in [0.25, 0.3) is 12.2 Å². The van der Waals surface area contributed by atoms with Crippen molar-refractivity contribution in [2.24, 2.45) is 30.0 Å². The number of aromatic nitrogens is 6. The SMILES string of the molecule is CC(N=c1[nH]c(=Nc2cc(C(C)(C)C)c([O-])c(C(C)(C)C)c2)[nH]c(=Nc2ccc(/C=C/c3ccc(N=c4[nH]c(=Nc5cc(C(C)(C)C)c([O-])c(C(C)(C)C)c5)[nH]c(=NC(C)c5ccccc5)[nH]4)cc3S(=O)(=O)O)c(S(=O)(=O)O)c2)[nH]1)c1ccccc1.[Na+].[Na+]. The maximum absolute atomic E-state index is 13.8. The molecule has 2 heterocycles. The molecule has 20 nitrogen and oxygen atoms in total. The Kier molecular flexibility index (Phi) is 22.1. The Bertz CT molecular complexity index is 4230. The number of benzene rings is 6. The van der Waals surface area contributed by atoms with Crippen LogP contribution in [0.2, 0.25) is 0 Å². The molecule has 0 aliphatic carbocycles. The van der Waals surface area contributed by atoms with Gasteiger partial charge in [0.1, 0.15) is 9.79 Å². The van der Waals surface area contributed by atoms with E-state index in [1.165, 1.54) is 36.4 Å². The van der Waals surface area contributed by atoms with E-state index in [1.807, 2.05) is 158 Å².